The fourth-order valence-electron chi connectivity index (χ4n) is 5.02. The molecule has 2 fully saturated rings. The summed E-state index contributed by atoms with van der Waals surface area (Å²) in [5, 5.41) is 7.96. The molecular formula is C26H28ClN5O2. The minimum Gasteiger partial charge on any atom is -0.365 e. The zero-order chi connectivity index (χ0) is 23.7. The average Bonchev–Trinajstić information content (AvgIpc) is 3.61. The van der Waals surface area contributed by atoms with E-state index in [2.05, 4.69) is 15.3 Å². The van der Waals surface area contributed by atoms with E-state index < -0.39 is 0 Å². The maximum Gasteiger partial charge on any atom is 0.223 e. The second-order valence-electron chi connectivity index (χ2n) is 9.05. The van der Waals surface area contributed by atoms with Crippen molar-refractivity contribution >= 4 is 29.1 Å². The number of fused-ring (bicyclic) bond motifs is 2. The Balaban J connectivity index is 1.09. The van der Waals surface area contributed by atoms with Crippen LogP contribution in [-0.2, 0) is 9.59 Å². The van der Waals surface area contributed by atoms with Gasteiger partial charge in [0, 0.05) is 55.1 Å². The minimum atomic E-state index is -0.134. The first-order valence-corrected chi connectivity index (χ1v) is 12.1. The summed E-state index contributed by atoms with van der Waals surface area (Å²) in [6.45, 7) is 3.50. The van der Waals surface area contributed by atoms with Gasteiger partial charge in [0.2, 0.25) is 11.8 Å². The highest BCUT2D eigenvalue weighted by molar-refractivity contribution is 6.30. The van der Waals surface area contributed by atoms with Gasteiger partial charge in [-0.2, -0.15) is 5.10 Å². The number of aromatic nitrogens is 2. The van der Waals surface area contributed by atoms with Crippen molar-refractivity contribution in [3.8, 4) is 5.69 Å². The van der Waals surface area contributed by atoms with Crippen molar-refractivity contribution in [2.75, 3.05) is 18.0 Å². The normalized spacial score (nSPS) is 19.9. The molecule has 3 atom stereocenters. The first-order valence-electron chi connectivity index (χ1n) is 11.7. The summed E-state index contributed by atoms with van der Waals surface area (Å²) >= 11 is 6.01. The monoisotopic (exact) mass is 477 g/mol. The van der Waals surface area contributed by atoms with Crippen LogP contribution in [0.15, 0.2) is 67.0 Å². The van der Waals surface area contributed by atoms with Crippen LogP contribution in [0.3, 0.4) is 0 Å². The zero-order valence-corrected chi connectivity index (χ0v) is 19.9. The molecule has 5 rings (SSSR count). The molecule has 2 amide bonds. The van der Waals surface area contributed by atoms with Crippen LogP contribution in [0.1, 0.15) is 37.8 Å². The Hall–Kier alpha value is -3.32. The van der Waals surface area contributed by atoms with Crippen LogP contribution in [0.2, 0.25) is 5.02 Å². The van der Waals surface area contributed by atoms with Gasteiger partial charge in [0.25, 0.3) is 0 Å². The molecule has 3 aromatic rings. The summed E-state index contributed by atoms with van der Waals surface area (Å²) in [5.74, 6) is -0.0428. The molecule has 0 aliphatic carbocycles. The lowest BCUT2D eigenvalue weighted by Gasteiger charge is -2.35. The number of halogens is 1. The lowest BCUT2D eigenvalue weighted by Crippen LogP contribution is -2.49. The molecule has 176 valence electrons. The third-order valence-corrected chi connectivity index (χ3v) is 7.08. The highest BCUT2D eigenvalue weighted by Gasteiger charge is 2.45. The number of nitrogens with one attached hydrogen (secondary N) is 1. The van der Waals surface area contributed by atoms with E-state index in [1.807, 2.05) is 72.6 Å². The van der Waals surface area contributed by atoms with Crippen LogP contribution >= 0.6 is 11.6 Å². The standard InChI is InChI=1S/C26H28ClN5O2/c1-18(19-3-7-22(8-4-19)32-14-2-13-28-32)29-25(33)11-12-26(34)31-17-23-15-24(31)16-30(23)21-9-5-20(27)6-10-21/h2-10,13-14,18,23-24H,11-12,15-17H2,1H3,(H,29,33)/t18-,23?,24?/m1/s1. The largest absolute Gasteiger partial charge is 0.365 e. The van der Waals surface area contributed by atoms with Crippen molar-refractivity contribution in [3.05, 3.63) is 77.6 Å². The maximum absolute atomic E-state index is 12.8. The van der Waals surface area contributed by atoms with Gasteiger partial charge in [-0.05, 0) is 61.4 Å². The van der Waals surface area contributed by atoms with E-state index in [0.717, 1.165) is 34.9 Å². The predicted octanol–water partition coefficient (Wildman–Crippen LogP) is 3.97. The molecule has 2 saturated heterocycles. The lowest BCUT2D eigenvalue weighted by atomic mass is 10.1. The molecule has 2 unspecified atom stereocenters. The third-order valence-electron chi connectivity index (χ3n) is 6.82. The second-order valence-corrected chi connectivity index (χ2v) is 9.49. The van der Waals surface area contributed by atoms with Gasteiger partial charge >= 0.3 is 0 Å². The number of hydrogen-bond acceptors (Lipinski definition) is 4. The number of carbonyl (C=O) groups excluding carboxylic acids is 2. The van der Waals surface area contributed by atoms with Crippen LogP contribution in [0.25, 0.3) is 5.69 Å². The Bertz CT molecular complexity index is 1150. The number of amides is 2. The molecule has 1 N–H and O–H groups in total. The van der Waals surface area contributed by atoms with E-state index in [9.17, 15) is 9.59 Å². The molecule has 7 nitrogen and oxygen atoms in total. The Morgan fingerprint density at radius 3 is 2.41 bits per heavy atom. The van der Waals surface area contributed by atoms with Crippen LogP contribution in [0.4, 0.5) is 5.69 Å². The highest BCUT2D eigenvalue weighted by atomic mass is 35.5. The van der Waals surface area contributed by atoms with Gasteiger partial charge in [0.1, 0.15) is 0 Å². The Morgan fingerprint density at radius 2 is 1.76 bits per heavy atom. The van der Waals surface area contributed by atoms with Gasteiger partial charge in [0.15, 0.2) is 0 Å². The molecule has 2 aliphatic rings. The van der Waals surface area contributed by atoms with Gasteiger partial charge in [-0.15, -0.1) is 0 Å². The van der Waals surface area contributed by atoms with Gasteiger partial charge in [-0.25, -0.2) is 4.68 Å². The molecule has 2 aromatic carbocycles. The van der Waals surface area contributed by atoms with E-state index in [-0.39, 0.29) is 36.7 Å². The van der Waals surface area contributed by atoms with Crippen molar-refractivity contribution in [1.29, 1.82) is 0 Å². The number of anilines is 1. The summed E-state index contributed by atoms with van der Waals surface area (Å²) in [5.41, 5.74) is 3.12. The fourth-order valence-corrected chi connectivity index (χ4v) is 5.15. The fraction of sp³-hybridized carbons (Fsp3) is 0.346. The van der Waals surface area contributed by atoms with Gasteiger partial charge in [0.05, 0.1) is 17.8 Å². The van der Waals surface area contributed by atoms with Crippen LogP contribution in [0.5, 0.6) is 0 Å². The van der Waals surface area contributed by atoms with Crippen molar-refractivity contribution in [1.82, 2.24) is 20.0 Å². The third kappa shape index (κ3) is 4.66. The van der Waals surface area contributed by atoms with Crippen LogP contribution in [0, 0.1) is 0 Å². The van der Waals surface area contributed by atoms with Crippen LogP contribution in [-0.4, -0.2) is 51.7 Å². The van der Waals surface area contributed by atoms with E-state index >= 15 is 0 Å². The number of hydrogen-bond donors (Lipinski definition) is 1. The number of likely N-dealkylation sites (tertiary alicyclic amines) is 1. The summed E-state index contributed by atoms with van der Waals surface area (Å²) in [7, 11) is 0. The Morgan fingerprint density at radius 1 is 1.03 bits per heavy atom. The number of piperazine rings is 1. The molecule has 0 spiro atoms. The molecule has 2 aliphatic heterocycles. The average molecular weight is 478 g/mol. The smallest absolute Gasteiger partial charge is 0.223 e. The van der Waals surface area contributed by atoms with E-state index in [0.29, 0.717) is 12.6 Å². The van der Waals surface area contributed by atoms with Gasteiger partial charge in [-0.1, -0.05) is 23.7 Å². The molecule has 8 heteroatoms. The quantitative estimate of drug-likeness (QED) is 0.559. The summed E-state index contributed by atoms with van der Waals surface area (Å²) in [6, 6.07) is 18.1. The Kier molecular flexibility index (Phi) is 6.28. The lowest BCUT2D eigenvalue weighted by molar-refractivity contribution is -0.134. The first-order chi connectivity index (χ1) is 16.5. The summed E-state index contributed by atoms with van der Waals surface area (Å²) in [4.78, 5) is 29.7. The molecule has 0 saturated carbocycles. The van der Waals surface area contributed by atoms with Crippen molar-refractivity contribution in [2.24, 2.45) is 0 Å². The number of nitrogens with zero attached hydrogens (tertiary/aromatic N) is 4. The second kappa shape index (κ2) is 9.50. The van der Waals surface area contributed by atoms with E-state index in [1.165, 1.54) is 0 Å². The number of rotatable bonds is 7. The molecule has 1 aromatic heterocycles. The van der Waals surface area contributed by atoms with Crippen molar-refractivity contribution in [3.63, 3.8) is 0 Å². The topological polar surface area (TPSA) is 70.5 Å². The highest BCUT2D eigenvalue weighted by Crippen LogP contribution is 2.35. The van der Waals surface area contributed by atoms with E-state index in [1.54, 1.807) is 10.9 Å². The number of carbonyl (C=O) groups is 2. The van der Waals surface area contributed by atoms with Crippen molar-refractivity contribution in [2.45, 2.75) is 44.3 Å². The SMILES string of the molecule is C[C@@H](NC(=O)CCC(=O)N1CC2CC1CN2c1ccc(Cl)cc1)c1ccc(-n2cccn2)cc1. The van der Waals surface area contributed by atoms with E-state index in [4.69, 9.17) is 11.6 Å². The molecule has 34 heavy (non-hydrogen) atoms. The molecule has 0 radical (unpaired) electrons. The Labute approximate surface area is 204 Å². The number of benzene rings is 2. The predicted molar refractivity (Wildman–Crippen MR) is 132 cm³/mol. The van der Waals surface area contributed by atoms with Crippen LogP contribution < -0.4 is 10.2 Å². The maximum atomic E-state index is 12.8. The van der Waals surface area contributed by atoms with Crippen molar-refractivity contribution < 1.29 is 9.59 Å². The van der Waals surface area contributed by atoms with Gasteiger partial charge < -0.3 is 15.1 Å². The first kappa shape index (κ1) is 22.5. The molecule has 2 bridgehead atoms. The molecular weight excluding hydrogens is 450 g/mol. The summed E-state index contributed by atoms with van der Waals surface area (Å²) in [6.07, 6.45) is 5.04. The minimum absolute atomic E-state index is 0.0645. The summed E-state index contributed by atoms with van der Waals surface area (Å²) < 4.78 is 1.79. The zero-order valence-electron chi connectivity index (χ0n) is 19.1. The van der Waals surface area contributed by atoms with Gasteiger partial charge in [-0.3, -0.25) is 9.59 Å². The molecule has 3 heterocycles.